The number of rotatable bonds is 8. The average molecular weight is 497 g/mol. The van der Waals surface area contributed by atoms with Gasteiger partial charge in [-0.15, -0.1) is 23.5 Å². The van der Waals surface area contributed by atoms with Crippen LogP contribution in [-0.2, 0) is 9.53 Å². The van der Waals surface area contributed by atoms with E-state index in [1.54, 1.807) is 30.3 Å². The van der Waals surface area contributed by atoms with Crippen molar-refractivity contribution in [2.45, 2.75) is 11.5 Å². The van der Waals surface area contributed by atoms with Crippen molar-refractivity contribution in [3.8, 4) is 17.1 Å². The fraction of sp³-hybridized carbons (Fsp3) is 0.240. The van der Waals surface area contributed by atoms with Crippen molar-refractivity contribution in [1.82, 2.24) is 5.43 Å². The highest BCUT2D eigenvalue weighted by atomic mass is 32.2. The number of nitrogens with one attached hydrogen (secondary N) is 1. The Morgan fingerprint density at radius 1 is 1.12 bits per heavy atom. The Labute approximate surface area is 206 Å². The molecule has 1 aliphatic rings. The van der Waals surface area contributed by atoms with Crippen LogP contribution in [0.25, 0.3) is 11.3 Å². The van der Waals surface area contributed by atoms with Gasteiger partial charge in [0.15, 0.2) is 6.61 Å². The van der Waals surface area contributed by atoms with Crippen LogP contribution in [0.2, 0.25) is 0 Å². The van der Waals surface area contributed by atoms with Gasteiger partial charge < -0.3 is 13.9 Å². The summed E-state index contributed by atoms with van der Waals surface area (Å²) in [6, 6.07) is 16.6. The van der Waals surface area contributed by atoms with Crippen molar-refractivity contribution >= 4 is 41.6 Å². The number of benzene rings is 2. The molecule has 1 aliphatic heterocycles. The zero-order valence-corrected chi connectivity index (χ0v) is 20.4. The quantitative estimate of drug-likeness (QED) is 0.265. The summed E-state index contributed by atoms with van der Waals surface area (Å²) in [5.41, 5.74) is 5.90. The van der Waals surface area contributed by atoms with Crippen LogP contribution < -0.4 is 10.2 Å². The molecule has 34 heavy (non-hydrogen) atoms. The number of aryl methyl sites for hydroxylation is 1. The number of esters is 1. The summed E-state index contributed by atoms with van der Waals surface area (Å²) in [4.78, 5) is 23.7. The van der Waals surface area contributed by atoms with Crippen LogP contribution in [0.1, 0.15) is 31.8 Å². The molecule has 0 aliphatic carbocycles. The van der Waals surface area contributed by atoms with E-state index in [-0.39, 0.29) is 18.5 Å². The normalized spacial score (nSPS) is 13.8. The van der Waals surface area contributed by atoms with Gasteiger partial charge in [-0.3, -0.25) is 4.79 Å². The summed E-state index contributed by atoms with van der Waals surface area (Å²) >= 11 is 3.90. The molecule has 4 rings (SSSR count). The van der Waals surface area contributed by atoms with Crippen molar-refractivity contribution in [3.63, 3.8) is 0 Å². The summed E-state index contributed by atoms with van der Waals surface area (Å²) < 4.78 is 16.6. The number of hydrazone groups is 1. The SMILES string of the molecule is COC(=O)c1ccc(-c2ccc(/C=N\NC(=O)COc3ccc(C4SCCS4)cc3)o2)c(C)c1. The second-order valence-electron chi connectivity index (χ2n) is 7.45. The molecule has 2 aromatic carbocycles. The fourth-order valence-electron chi connectivity index (χ4n) is 3.37. The Bertz CT molecular complexity index is 1180. The van der Waals surface area contributed by atoms with E-state index in [0.29, 0.717) is 27.4 Å². The van der Waals surface area contributed by atoms with Crippen molar-refractivity contribution in [3.05, 3.63) is 77.0 Å². The molecule has 1 N–H and O–H groups in total. The molecular formula is C25H24N2O5S2. The van der Waals surface area contributed by atoms with E-state index < -0.39 is 0 Å². The van der Waals surface area contributed by atoms with Gasteiger partial charge in [0.05, 0.1) is 23.5 Å². The predicted molar refractivity (Wildman–Crippen MR) is 136 cm³/mol. The van der Waals surface area contributed by atoms with Gasteiger partial charge in [0.2, 0.25) is 0 Å². The highest BCUT2D eigenvalue weighted by molar-refractivity contribution is 8.19. The Morgan fingerprint density at radius 2 is 1.88 bits per heavy atom. The number of ether oxygens (including phenoxy) is 2. The van der Waals surface area contributed by atoms with Crippen LogP contribution >= 0.6 is 23.5 Å². The molecule has 1 saturated heterocycles. The molecular weight excluding hydrogens is 472 g/mol. The standard InChI is InChI=1S/C25H24N2O5S2/c1-16-13-18(24(29)30-2)5-9-21(16)22-10-8-20(32-22)14-26-27-23(28)15-31-19-6-3-17(4-7-19)25-33-11-12-34-25/h3-10,13-14,25H,11-12,15H2,1-2H3,(H,27,28)/b26-14-. The number of hydrogen-bond donors (Lipinski definition) is 1. The number of furan rings is 1. The monoisotopic (exact) mass is 496 g/mol. The predicted octanol–water partition coefficient (Wildman–Crippen LogP) is 5.05. The number of amides is 1. The Kier molecular flexibility index (Phi) is 7.97. The first-order chi connectivity index (χ1) is 16.5. The smallest absolute Gasteiger partial charge is 0.337 e. The lowest BCUT2D eigenvalue weighted by molar-refractivity contribution is -0.123. The second kappa shape index (κ2) is 11.3. The maximum absolute atomic E-state index is 12.0. The summed E-state index contributed by atoms with van der Waals surface area (Å²) in [6.45, 7) is 1.75. The van der Waals surface area contributed by atoms with Gasteiger partial charge in [-0.2, -0.15) is 5.10 Å². The van der Waals surface area contributed by atoms with Crippen molar-refractivity contribution < 1.29 is 23.5 Å². The van der Waals surface area contributed by atoms with Gasteiger partial charge >= 0.3 is 5.97 Å². The van der Waals surface area contributed by atoms with E-state index in [2.05, 4.69) is 10.5 Å². The van der Waals surface area contributed by atoms with Crippen molar-refractivity contribution in [1.29, 1.82) is 0 Å². The van der Waals surface area contributed by atoms with Crippen LogP contribution in [0.15, 0.2) is 64.1 Å². The second-order valence-corrected chi connectivity index (χ2v) is 10.2. The van der Waals surface area contributed by atoms with E-state index in [1.807, 2.05) is 54.7 Å². The maximum Gasteiger partial charge on any atom is 0.337 e. The Balaban J connectivity index is 1.27. The van der Waals surface area contributed by atoms with E-state index >= 15 is 0 Å². The van der Waals surface area contributed by atoms with E-state index in [9.17, 15) is 9.59 Å². The lowest BCUT2D eigenvalue weighted by Gasteiger charge is -2.09. The molecule has 1 aromatic heterocycles. The molecule has 0 radical (unpaired) electrons. The number of nitrogens with zero attached hydrogens (tertiary/aromatic N) is 1. The first kappa shape index (κ1) is 24.0. The first-order valence-electron chi connectivity index (χ1n) is 10.6. The van der Waals surface area contributed by atoms with Gasteiger partial charge in [0.1, 0.15) is 17.3 Å². The molecule has 0 bridgehead atoms. The topological polar surface area (TPSA) is 90.1 Å². The first-order valence-corrected chi connectivity index (χ1v) is 12.7. The van der Waals surface area contributed by atoms with Gasteiger partial charge in [-0.1, -0.05) is 18.2 Å². The molecule has 1 fully saturated rings. The van der Waals surface area contributed by atoms with E-state index in [0.717, 1.165) is 11.1 Å². The van der Waals surface area contributed by atoms with E-state index in [4.69, 9.17) is 13.9 Å². The minimum atomic E-state index is -0.388. The lowest BCUT2D eigenvalue weighted by Crippen LogP contribution is -2.24. The van der Waals surface area contributed by atoms with Gasteiger partial charge in [-0.25, -0.2) is 10.2 Å². The van der Waals surface area contributed by atoms with Crippen molar-refractivity contribution in [2.75, 3.05) is 25.2 Å². The zero-order valence-electron chi connectivity index (χ0n) is 18.8. The molecule has 0 atom stereocenters. The molecule has 0 unspecified atom stereocenters. The van der Waals surface area contributed by atoms with Crippen LogP contribution in [0.5, 0.6) is 5.75 Å². The average Bonchev–Trinajstić information content (AvgIpc) is 3.55. The summed E-state index contributed by atoms with van der Waals surface area (Å²) in [5.74, 6) is 3.34. The summed E-state index contributed by atoms with van der Waals surface area (Å²) in [6.07, 6.45) is 1.42. The van der Waals surface area contributed by atoms with Crippen LogP contribution in [0, 0.1) is 6.92 Å². The van der Waals surface area contributed by atoms with Crippen LogP contribution in [0.4, 0.5) is 0 Å². The zero-order chi connectivity index (χ0) is 23.9. The molecule has 1 amide bonds. The van der Waals surface area contributed by atoms with E-state index in [1.165, 1.54) is 30.4 Å². The molecule has 9 heteroatoms. The number of methoxy groups -OCH3 is 1. The third-order valence-electron chi connectivity index (χ3n) is 5.06. The van der Waals surface area contributed by atoms with Gasteiger partial charge in [-0.05, 0) is 54.4 Å². The van der Waals surface area contributed by atoms with Gasteiger partial charge in [0.25, 0.3) is 5.91 Å². The number of hydrogen-bond acceptors (Lipinski definition) is 8. The van der Waals surface area contributed by atoms with Gasteiger partial charge in [0, 0.05) is 17.1 Å². The largest absolute Gasteiger partial charge is 0.484 e. The minimum Gasteiger partial charge on any atom is -0.484 e. The number of carbonyl (C=O) groups excluding carboxylic acids is 2. The maximum atomic E-state index is 12.0. The summed E-state index contributed by atoms with van der Waals surface area (Å²) in [7, 11) is 1.35. The van der Waals surface area contributed by atoms with Crippen LogP contribution in [0.3, 0.4) is 0 Å². The third-order valence-corrected chi connectivity index (χ3v) is 8.17. The molecule has 0 saturated carbocycles. The molecule has 0 spiro atoms. The Morgan fingerprint density at radius 3 is 2.59 bits per heavy atom. The highest BCUT2D eigenvalue weighted by Crippen LogP contribution is 2.45. The molecule has 3 aromatic rings. The molecule has 2 heterocycles. The van der Waals surface area contributed by atoms with Crippen LogP contribution in [-0.4, -0.2) is 43.3 Å². The lowest BCUT2D eigenvalue weighted by atomic mass is 10.0. The Hall–Kier alpha value is -3.17. The molecule has 176 valence electrons. The molecule has 7 nitrogen and oxygen atoms in total. The van der Waals surface area contributed by atoms with Crippen molar-refractivity contribution in [2.24, 2.45) is 5.10 Å². The number of carbonyl (C=O) groups is 2. The minimum absolute atomic E-state index is 0.140. The summed E-state index contributed by atoms with van der Waals surface area (Å²) in [5, 5.41) is 3.93. The fourth-order valence-corrected chi connectivity index (χ4v) is 6.23. The third kappa shape index (κ3) is 6.03. The highest BCUT2D eigenvalue weighted by Gasteiger charge is 2.18. The number of thioether (sulfide) groups is 2.